The summed E-state index contributed by atoms with van der Waals surface area (Å²) < 4.78 is 43.3. The van der Waals surface area contributed by atoms with E-state index >= 15 is 0 Å². The van der Waals surface area contributed by atoms with Crippen molar-refractivity contribution in [2.24, 2.45) is 0 Å². The Morgan fingerprint density at radius 3 is 2.45 bits per heavy atom. The van der Waals surface area contributed by atoms with Crippen LogP contribution in [0.4, 0.5) is 12.9 Å². The van der Waals surface area contributed by atoms with Crippen LogP contribution in [0, 0.1) is 13.8 Å². The molecule has 106 valence electrons. The zero-order chi connectivity index (χ0) is 14.8. The van der Waals surface area contributed by atoms with Crippen LogP contribution in [0.3, 0.4) is 0 Å². The summed E-state index contributed by atoms with van der Waals surface area (Å²) in [6, 6.07) is 9.06. The van der Waals surface area contributed by atoms with Gasteiger partial charge in [-0.25, -0.2) is 0 Å². The maximum Gasteiger partial charge on any atom is 0.509 e. The summed E-state index contributed by atoms with van der Waals surface area (Å²) in [5.74, 6) is 0.442. The second-order valence-electron chi connectivity index (χ2n) is 4.66. The Morgan fingerprint density at radius 2 is 1.85 bits per heavy atom. The number of rotatable bonds is 4. The van der Waals surface area contributed by atoms with Crippen LogP contribution >= 0.6 is 0 Å². The number of pyridine rings is 1. The molecule has 0 amide bonds. The molecule has 0 unspecified atom stereocenters. The molecule has 1 aromatic heterocycles. The summed E-state index contributed by atoms with van der Waals surface area (Å²) in [5.41, 5.74) is 1.48. The second kappa shape index (κ2) is 5.57. The van der Waals surface area contributed by atoms with Gasteiger partial charge in [-0.15, -0.1) is 5.46 Å². The van der Waals surface area contributed by atoms with E-state index in [-0.39, 0.29) is 6.61 Å². The van der Waals surface area contributed by atoms with E-state index in [1.807, 2.05) is 25.1 Å². The number of hydrogen-bond acceptors (Lipinski definition) is 2. The molecule has 0 spiro atoms. The van der Waals surface area contributed by atoms with Gasteiger partial charge in [-0.1, -0.05) is 18.2 Å². The van der Waals surface area contributed by atoms with Gasteiger partial charge in [-0.05, 0) is 37.6 Å². The van der Waals surface area contributed by atoms with Crippen molar-refractivity contribution in [1.29, 1.82) is 0 Å². The number of halogens is 3. The summed E-state index contributed by atoms with van der Waals surface area (Å²) in [6.07, 6.45) is 0. The maximum atomic E-state index is 12.6. The SMILES string of the molecule is Cc1cccc(COc2ccc([B-](F)(F)F)cc2C)n1. The van der Waals surface area contributed by atoms with E-state index in [9.17, 15) is 12.9 Å². The minimum Gasteiger partial charge on any atom is -0.487 e. The highest BCUT2D eigenvalue weighted by Crippen LogP contribution is 2.19. The van der Waals surface area contributed by atoms with Gasteiger partial charge in [0.15, 0.2) is 0 Å². The Bertz CT molecular complexity index is 614. The van der Waals surface area contributed by atoms with Crippen molar-refractivity contribution < 1.29 is 17.7 Å². The molecule has 1 heterocycles. The third-order valence-corrected chi connectivity index (χ3v) is 2.90. The molecule has 0 radical (unpaired) electrons. The fourth-order valence-electron chi connectivity index (χ4n) is 1.87. The highest BCUT2D eigenvalue weighted by atomic mass is 19.4. The van der Waals surface area contributed by atoms with Crippen LogP contribution in [0.25, 0.3) is 0 Å². The molecule has 0 saturated carbocycles. The van der Waals surface area contributed by atoms with Gasteiger partial charge >= 0.3 is 6.98 Å². The summed E-state index contributed by atoms with van der Waals surface area (Å²) in [6.45, 7) is -1.26. The first-order chi connectivity index (χ1) is 9.36. The first kappa shape index (κ1) is 14.4. The molecule has 2 rings (SSSR count). The van der Waals surface area contributed by atoms with Crippen LogP contribution in [0.15, 0.2) is 36.4 Å². The van der Waals surface area contributed by atoms with Gasteiger partial charge in [-0.3, -0.25) is 4.98 Å². The highest BCUT2D eigenvalue weighted by Gasteiger charge is 2.25. The number of benzene rings is 1. The monoisotopic (exact) mass is 280 g/mol. The minimum absolute atomic E-state index is 0.235. The van der Waals surface area contributed by atoms with Crippen molar-refractivity contribution in [2.45, 2.75) is 20.5 Å². The van der Waals surface area contributed by atoms with E-state index in [1.165, 1.54) is 6.07 Å². The fourth-order valence-corrected chi connectivity index (χ4v) is 1.87. The average molecular weight is 280 g/mol. The van der Waals surface area contributed by atoms with Gasteiger partial charge in [0.2, 0.25) is 0 Å². The van der Waals surface area contributed by atoms with Gasteiger partial charge in [0.25, 0.3) is 0 Å². The molecule has 0 aliphatic rings. The number of ether oxygens (including phenoxy) is 1. The zero-order valence-corrected chi connectivity index (χ0v) is 11.2. The summed E-state index contributed by atoms with van der Waals surface area (Å²) in [5, 5.41) is 0. The maximum absolute atomic E-state index is 12.6. The van der Waals surface area contributed by atoms with Crippen LogP contribution in [0.1, 0.15) is 17.0 Å². The quantitative estimate of drug-likeness (QED) is 0.801. The van der Waals surface area contributed by atoms with Crippen LogP contribution < -0.4 is 10.2 Å². The van der Waals surface area contributed by atoms with Crippen LogP contribution in [0.5, 0.6) is 5.75 Å². The molecule has 0 fully saturated rings. The molecule has 2 nitrogen and oxygen atoms in total. The van der Waals surface area contributed by atoms with Crippen LogP contribution in [-0.4, -0.2) is 12.0 Å². The lowest BCUT2D eigenvalue weighted by molar-refractivity contribution is 0.299. The van der Waals surface area contributed by atoms with Gasteiger partial charge in [-0.2, -0.15) is 0 Å². The molecule has 0 aliphatic heterocycles. The van der Waals surface area contributed by atoms with Gasteiger partial charge in [0, 0.05) is 5.69 Å². The molecule has 6 heteroatoms. The molecule has 2 aromatic rings. The van der Waals surface area contributed by atoms with Crippen molar-refractivity contribution in [3.05, 3.63) is 53.3 Å². The Labute approximate surface area is 115 Å². The molecular formula is C14H14BF3NO-. The molecule has 0 aliphatic carbocycles. The van der Waals surface area contributed by atoms with Gasteiger partial charge in [0.1, 0.15) is 12.4 Å². The number of nitrogens with zero attached hydrogens (tertiary/aromatic N) is 1. The Balaban J connectivity index is 2.11. The van der Waals surface area contributed by atoms with Crippen molar-refractivity contribution in [1.82, 2.24) is 4.98 Å². The number of aromatic nitrogens is 1. The van der Waals surface area contributed by atoms with E-state index in [0.717, 1.165) is 23.5 Å². The topological polar surface area (TPSA) is 22.1 Å². The van der Waals surface area contributed by atoms with E-state index in [2.05, 4.69) is 4.98 Å². The lowest BCUT2D eigenvalue weighted by Crippen LogP contribution is -2.34. The van der Waals surface area contributed by atoms with E-state index in [4.69, 9.17) is 4.74 Å². The summed E-state index contributed by atoms with van der Waals surface area (Å²) in [7, 11) is 0. The lowest BCUT2D eigenvalue weighted by atomic mass is 9.79. The number of aryl methyl sites for hydroxylation is 2. The van der Waals surface area contributed by atoms with Crippen LogP contribution in [-0.2, 0) is 6.61 Å². The third-order valence-electron chi connectivity index (χ3n) is 2.90. The predicted molar refractivity (Wildman–Crippen MR) is 73.2 cm³/mol. The Kier molecular flexibility index (Phi) is 4.02. The molecule has 0 saturated heterocycles. The average Bonchev–Trinajstić information content (AvgIpc) is 2.36. The first-order valence-electron chi connectivity index (χ1n) is 6.22. The lowest BCUT2D eigenvalue weighted by Gasteiger charge is -2.17. The molecule has 0 atom stereocenters. The number of hydrogen-bond donors (Lipinski definition) is 0. The van der Waals surface area contributed by atoms with Crippen LogP contribution in [0.2, 0.25) is 0 Å². The standard InChI is InChI=1S/C14H14BF3NO/c1-10-8-12(15(16,17)18)6-7-14(10)20-9-13-5-3-4-11(2)19-13/h3-8H,9H2,1-2H3/q-1. The first-order valence-corrected chi connectivity index (χ1v) is 6.22. The van der Waals surface area contributed by atoms with Crippen molar-refractivity contribution in [2.75, 3.05) is 0 Å². The predicted octanol–water partition coefficient (Wildman–Crippen LogP) is 3.33. The fraction of sp³-hybridized carbons (Fsp3) is 0.214. The molecular weight excluding hydrogens is 266 g/mol. The van der Waals surface area contributed by atoms with E-state index < -0.39 is 12.4 Å². The minimum atomic E-state index is -4.97. The van der Waals surface area contributed by atoms with E-state index in [1.54, 1.807) is 6.92 Å². The normalized spacial score (nSPS) is 11.4. The Morgan fingerprint density at radius 1 is 1.10 bits per heavy atom. The van der Waals surface area contributed by atoms with Gasteiger partial charge < -0.3 is 17.7 Å². The van der Waals surface area contributed by atoms with E-state index in [0.29, 0.717) is 11.3 Å². The highest BCUT2D eigenvalue weighted by molar-refractivity contribution is 6.73. The summed E-state index contributed by atoms with van der Waals surface area (Å²) >= 11 is 0. The summed E-state index contributed by atoms with van der Waals surface area (Å²) in [4.78, 5) is 4.27. The third kappa shape index (κ3) is 3.53. The molecule has 0 bridgehead atoms. The second-order valence-corrected chi connectivity index (χ2v) is 4.66. The molecule has 20 heavy (non-hydrogen) atoms. The van der Waals surface area contributed by atoms with Crippen molar-refractivity contribution >= 4 is 12.4 Å². The molecule has 0 N–H and O–H groups in total. The van der Waals surface area contributed by atoms with Gasteiger partial charge in [0.05, 0.1) is 5.69 Å². The molecule has 1 aromatic carbocycles. The van der Waals surface area contributed by atoms with Crippen molar-refractivity contribution in [3.63, 3.8) is 0 Å². The smallest absolute Gasteiger partial charge is 0.487 e. The zero-order valence-electron chi connectivity index (χ0n) is 11.2. The Hall–Kier alpha value is -1.98. The largest absolute Gasteiger partial charge is 0.509 e. The van der Waals surface area contributed by atoms with Crippen molar-refractivity contribution in [3.8, 4) is 5.75 Å².